The molecule has 21 heavy (non-hydrogen) atoms. The van der Waals surface area contributed by atoms with E-state index in [9.17, 15) is 12.9 Å². The molecule has 8 heteroatoms. The summed E-state index contributed by atoms with van der Waals surface area (Å²) in [6.45, 7) is -0.704. The minimum atomic E-state index is -4.95. The van der Waals surface area contributed by atoms with Crippen LogP contribution in [0.1, 0.15) is 25.6 Å². The van der Waals surface area contributed by atoms with Gasteiger partial charge in [0.05, 0.1) is 5.69 Å². The van der Waals surface area contributed by atoms with Gasteiger partial charge in [-0.25, -0.2) is 0 Å². The Morgan fingerprint density at radius 1 is 1.14 bits per heavy atom. The van der Waals surface area contributed by atoms with Gasteiger partial charge in [0, 0.05) is 12.2 Å². The molecule has 1 heterocycles. The molecule has 0 bridgehead atoms. The molecule has 0 amide bonds. The molecule has 3 nitrogen and oxygen atoms in total. The van der Waals surface area contributed by atoms with E-state index in [1.807, 2.05) is 26.1 Å². The summed E-state index contributed by atoms with van der Waals surface area (Å²) < 4.78 is 44.6. The van der Waals surface area contributed by atoms with Crippen LogP contribution in [-0.2, 0) is 6.61 Å². The molecule has 0 saturated heterocycles. The normalized spacial score (nSPS) is 11.3. The van der Waals surface area contributed by atoms with Crippen LogP contribution in [0.2, 0.25) is 0 Å². The third-order valence-electron chi connectivity index (χ3n) is 2.84. The van der Waals surface area contributed by atoms with E-state index in [1.54, 1.807) is 4.68 Å². The van der Waals surface area contributed by atoms with Crippen LogP contribution in [0.15, 0.2) is 36.5 Å². The maximum Gasteiger partial charge on any atom is 1.00 e. The van der Waals surface area contributed by atoms with Gasteiger partial charge in [-0.15, -0.1) is 5.46 Å². The molecule has 0 spiro atoms. The molecule has 0 aliphatic carbocycles. The fourth-order valence-corrected chi connectivity index (χ4v) is 1.68. The van der Waals surface area contributed by atoms with E-state index in [4.69, 9.17) is 4.74 Å². The molecule has 2 aromatic rings. The third kappa shape index (κ3) is 5.45. The molecular weight excluding hydrogens is 307 g/mol. The minimum Gasteiger partial charge on any atom is -0.487 e. The first kappa shape index (κ1) is 18.8. The molecule has 0 radical (unpaired) electrons. The Morgan fingerprint density at radius 3 is 2.24 bits per heavy atom. The van der Waals surface area contributed by atoms with Crippen molar-refractivity contribution >= 4 is 12.4 Å². The largest absolute Gasteiger partial charge is 1.00 e. The van der Waals surface area contributed by atoms with Crippen molar-refractivity contribution in [1.82, 2.24) is 9.78 Å². The van der Waals surface area contributed by atoms with Crippen LogP contribution in [-0.4, -0.2) is 16.8 Å². The molecule has 1 aromatic carbocycles. The van der Waals surface area contributed by atoms with Crippen molar-refractivity contribution in [2.45, 2.75) is 26.5 Å². The molecule has 0 N–H and O–H groups in total. The van der Waals surface area contributed by atoms with E-state index >= 15 is 0 Å². The van der Waals surface area contributed by atoms with Crippen molar-refractivity contribution in [2.24, 2.45) is 0 Å². The van der Waals surface area contributed by atoms with Gasteiger partial charge in [-0.1, -0.05) is 12.1 Å². The summed E-state index contributed by atoms with van der Waals surface area (Å²) in [5, 5.41) is 4.30. The number of nitrogens with zero attached hydrogens (tertiary/aromatic N) is 2. The molecule has 108 valence electrons. The van der Waals surface area contributed by atoms with Gasteiger partial charge in [-0.3, -0.25) is 4.68 Å². The SMILES string of the molecule is CC(C)n1ccc(COc2ccc([B-](F)(F)F)cc2)n1.[K+]. The number of halogens is 3. The number of hydrogen-bond donors (Lipinski definition) is 0. The minimum absolute atomic E-state index is 0. The fourth-order valence-electron chi connectivity index (χ4n) is 1.68. The average molecular weight is 322 g/mol. The van der Waals surface area contributed by atoms with E-state index < -0.39 is 12.4 Å². The molecule has 0 unspecified atom stereocenters. The first-order valence-corrected chi connectivity index (χ1v) is 6.33. The molecule has 2 rings (SSSR count). The zero-order valence-corrected chi connectivity index (χ0v) is 15.4. The quantitative estimate of drug-likeness (QED) is 0.730. The number of rotatable bonds is 5. The van der Waals surface area contributed by atoms with Crippen LogP contribution in [0.5, 0.6) is 5.75 Å². The molecule has 0 fully saturated rings. The second-order valence-corrected chi connectivity index (χ2v) is 4.81. The monoisotopic (exact) mass is 322 g/mol. The molecule has 0 aliphatic rings. The van der Waals surface area contributed by atoms with Crippen molar-refractivity contribution in [3.8, 4) is 5.75 Å². The van der Waals surface area contributed by atoms with Crippen molar-refractivity contribution in [3.63, 3.8) is 0 Å². The maximum atomic E-state index is 12.5. The van der Waals surface area contributed by atoms with E-state index in [2.05, 4.69) is 5.10 Å². The smallest absolute Gasteiger partial charge is 0.487 e. The number of hydrogen-bond acceptors (Lipinski definition) is 2. The van der Waals surface area contributed by atoms with Gasteiger partial charge in [-0.05, 0) is 32.0 Å². The number of ether oxygens (including phenoxy) is 1. The first-order chi connectivity index (χ1) is 9.36. The van der Waals surface area contributed by atoms with Crippen LogP contribution < -0.4 is 61.6 Å². The molecular formula is C13H15BF3KN2O. The summed E-state index contributed by atoms with van der Waals surface area (Å²) in [5.41, 5.74) is 0.115. The van der Waals surface area contributed by atoms with Gasteiger partial charge >= 0.3 is 58.4 Å². The summed E-state index contributed by atoms with van der Waals surface area (Å²) in [6, 6.07) is 6.79. The Labute approximate surface area is 164 Å². The number of benzene rings is 1. The van der Waals surface area contributed by atoms with E-state index in [1.165, 1.54) is 12.1 Å². The van der Waals surface area contributed by atoms with Crippen LogP contribution in [0.3, 0.4) is 0 Å². The fraction of sp³-hybridized carbons (Fsp3) is 0.308. The molecule has 0 atom stereocenters. The maximum absolute atomic E-state index is 12.5. The summed E-state index contributed by atoms with van der Waals surface area (Å²) in [6.07, 6.45) is 1.85. The zero-order chi connectivity index (χ0) is 14.8. The molecule has 0 aliphatic heterocycles. The van der Waals surface area contributed by atoms with Gasteiger partial charge in [0.1, 0.15) is 12.4 Å². The van der Waals surface area contributed by atoms with Crippen LogP contribution in [0.25, 0.3) is 0 Å². The second kappa shape index (κ2) is 7.82. The van der Waals surface area contributed by atoms with Crippen LogP contribution >= 0.6 is 0 Å². The Balaban J connectivity index is 0.00000220. The van der Waals surface area contributed by atoms with Crippen molar-refractivity contribution in [1.29, 1.82) is 0 Å². The summed E-state index contributed by atoms with van der Waals surface area (Å²) in [7, 11) is 0. The predicted molar refractivity (Wildman–Crippen MR) is 72.1 cm³/mol. The van der Waals surface area contributed by atoms with E-state index in [0.717, 1.165) is 17.8 Å². The van der Waals surface area contributed by atoms with Gasteiger partial charge in [0.15, 0.2) is 0 Å². The Morgan fingerprint density at radius 2 is 1.76 bits per heavy atom. The van der Waals surface area contributed by atoms with Gasteiger partial charge in [0.2, 0.25) is 0 Å². The second-order valence-electron chi connectivity index (χ2n) is 4.81. The van der Waals surface area contributed by atoms with E-state index in [-0.39, 0.29) is 64.0 Å². The van der Waals surface area contributed by atoms with Gasteiger partial charge in [0.25, 0.3) is 0 Å². The van der Waals surface area contributed by atoms with Crippen molar-refractivity contribution in [2.75, 3.05) is 0 Å². The van der Waals surface area contributed by atoms with Gasteiger partial charge < -0.3 is 17.7 Å². The Hall–Kier alpha value is -0.279. The zero-order valence-electron chi connectivity index (χ0n) is 12.3. The van der Waals surface area contributed by atoms with Crippen LogP contribution in [0, 0.1) is 0 Å². The summed E-state index contributed by atoms with van der Waals surface area (Å²) in [5.74, 6) is 0.396. The van der Waals surface area contributed by atoms with Crippen LogP contribution in [0.4, 0.5) is 12.9 Å². The molecule has 1 aromatic heterocycles. The molecule has 0 saturated carbocycles. The Bertz CT molecular complexity index is 570. The summed E-state index contributed by atoms with van der Waals surface area (Å²) >= 11 is 0. The topological polar surface area (TPSA) is 27.1 Å². The van der Waals surface area contributed by atoms with E-state index in [0.29, 0.717) is 5.75 Å². The van der Waals surface area contributed by atoms with Crippen molar-refractivity contribution in [3.05, 3.63) is 42.2 Å². The predicted octanol–water partition coefficient (Wildman–Crippen LogP) is 0.101. The van der Waals surface area contributed by atoms with Crippen molar-refractivity contribution < 1.29 is 69.1 Å². The third-order valence-corrected chi connectivity index (χ3v) is 2.84. The first-order valence-electron chi connectivity index (χ1n) is 6.33. The summed E-state index contributed by atoms with van der Waals surface area (Å²) in [4.78, 5) is 0. The Kier molecular flexibility index (Phi) is 6.99. The number of aromatic nitrogens is 2. The average Bonchev–Trinajstić information content (AvgIpc) is 2.85. The standard InChI is InChI=1S/C13H15BF3N2O.K/c1-10(2)19-8-7-12(18-19)9-20-13-5-3-11(4-6-13)14(15,16)17;/h3-8,10H,9H2,1-2H3;/q-1;+1. The van der Waals surface area contributed by atoms with Gasteiger partial charge in [-0.2, -0.15) is 5.10 Å².